The van der Waals surface area contributed by atoms with Crippen LogP contribution in [-0.4, -0.2) is 48.9 Å². The van der Waals surface area contributed by atoms with E-state index in [0.29, 0.717) is 31.1 Å². The van der Waals surface area contributed by atoms with E-state index in [1.165, 1.54) is 17.5 Å². The highest BCUT2D eigenvalue weighted by Crippen LogP contribution is 2.28. The van der Waals surface area contributed by atoms with Crippen LogP contribution in [0.15, 0.2) is 53.7 Å². The zero-order chi connectivity index (χ0) is 19.8. The van der Waals surface area contributed by atoms with Crippen LogP contribution in [0.5, 0.6) is 0 Å². The molecule has 3 aromatic rings. The Morgan fingerprint density at radius 2 is 1.59 bits per heavy atom. The maximum Gasteiger partial charge on any atom is 0.243 e. The number of fused-ring (bicyclic) bond motifs is 2. The fourth-order valence-corrected chi connectivity index (χ4v) is 5.88. The molecule has 6 nitrogen and oxygen atoms in total. The van der Waals surface area contributed by atoms with Gasteiger partial charge in [0.1, 0.15) is 12.1 Å². The van der Waals surface area contributed by atoms with Crippen LogP contribution in [0.2, 0.25) is 0 Å². The lowest BCUT2D eigenvalue weighted by molar-refractivity contribution is 0.384. The van der Waals surface area contributed by atoms with E-state index in [-0.39, 0.29) is 0 Å². The summed E-state index contributed by atoms with van der Waals surface area (Å²) in [5, 5.41) is 1.00. The van der Waals surface area contributed by atoms with Gasteiger partial charge in [0.25, 0.3) is 0 Å². The first kappa shape index (κ1) is 18.5. The average Bonchev–Trinajstić information content (AvgIpc) is 2.78. The van der Waals surface area contributed by atoms with Crippen molar-refractivity contribution in [3.05, 3.63) is 59.9 Å². The maximum atomic E-state index is 13.2. The van der Waals surface area contributed by atoms with Crippen LogP contribution in [0.4, 0.5) is 5.82 Å². The number of piperazine rings is 1. The largest absolute Gasteiger partial charge is 0.353 e. The zero-order valence-electron chi connectivity index (χ0n) is 16.3. The highest BCUT2D eigenvalue weighted by Gasteiger charge is 2.30. The lowest BCUT2D eigenvalue weighted by Crippen LogP contribution is -2.49. The fourth-order valence-electron chi connectivity index (χ4n) is 4.40. The van der Waals surface area contributed by atoms with Crippen molar-refractivity contribution in [2.24, 2.45) is 0 Å². The van der Waals surface area contributed by atoms with Gasteiger partial charge in [-0.2, -0.15) is 4.31 Å². The van der Waals surface area contributed by atoms with Gasteiger partial charge in [-0.25, -0.2) is 18.4 Å². The van der Waals surface area contributed by atoms with Crippen molar-refractivity contribution in [1.29, 1.82) is 0 Å². The van der Waals surface area contributed by atoms with Crippen LogP contribution in [0, 0.1) is 0 Å². The summed E-state index contributed by atoms with van der Waals surface area (Å²) in [6.45, 7) is 2.14. The first-order valence-corrected chi connectivity index (χ1v) is 11.6. The Bertz CT molecular complexity index is 1150. The Morgan fingerprint density at radius 3 is 2.41 bits per heavy atom. The van der Waals surface area contributed by atoms with E-state index in [1.54, 1.807) is 16.7 Å². The number of aromatic nitrogens is 2. The molecule has 0 amide bonds. The van der Waals surface area contributed by atoms with Crippen molar-refractivity contribution >= 4 is 26.7 Å². The molecule has 0 N–H and O–H groups in total. The third-order valence-corrected chi connectivity index (χ3v) is 7.91. The molecule has 1 aliphatic carbocycles. The van der Waals surface area contributed by atoms with E-state index in [9.17, 15) is 8.42 Å². The summed E-state index contributed by atoms with van der Waals surface area (Å²) >= 11 is 0. The molecule has 1 aromatic heterocycles. The highest BCUT2D eigenvalue weighted by molar-refractivity contribution is 7.89. The van der Waals surface area contributed by atoms with E-state index < -0.39 is 10.0 Å². The molecule has 1 fully saturated rings. The Morgan fingerprint density at radius 1 is 0.828 bits per heavy atom. The second-order valence-electron chi connectivity index (χ2n) is 7.74. The van der Waals surface area contributed by atoms with Crippen molar-refractivity contribution in [2.45, 2.75) is 30.6 Å². The molecule has 0 radical (unpaired) electrons. The van der Waals surface area contributed by atoms with Crippen LogP contribution in [0.1, 0.15) is 24.0 Å². The third kappa shape index (κ3) is 3.38. The van der Waals surface area contributed by atoms with Gasteiger partial charge in [0.2, 0.25) is 10.0 Å². The van der Waals surface area contributed by atoms with E-state index >= 15 is 0 Å². The van der Waals surface area contributed by atoms with Crippen molar-refractivity contribution in [3.8, 4) is 0 Å². The first-order valence-electron chi connectivity index (χ1n) is 10.2. The minimum absolute atomic E-state index is 0.430. The molecular formula is C22H24N4O2S. The summed E-state index contributed by atoms with van der Waals surface area (Å²) in [5.41, 5.74) is 3.40. The van der Waals surface area contributed by atoms with Crippen molar-refractivity contribution in [2.75, 3.05) is 31.1 Å². The third-order valence-electron chi connectivity index (χ3n) is 6.02. The van der Waals surface area contributed by atoms with E-state index in [0.717, 1.165) is 36.0 Å². The van der Waals surface area contributed by atoms with Gasteiger partial charge in [-0.1, -0.05) is 18.2 Å². The van der Waals surface area contributed by atoms with Crippen LogP contribution >= 0.6 is 0 Å². The van der Waals surface area contributed by atoms with Gasteiger partial charge in [0.05, 0.1) is 10.4 Å². The Hall–Kier alpha value is -2.51. The Labute approximate surface area is 171 Å². The molecule has 150 valence electrons. The van der Waals surface area contributed by atoms with Crippen LogP contribution in [-0.2, 0) is 22.9 Å². The van der Waals surface area contributed by atoms with Crippen LogP contribution in [0.25, 0.3) is 10.9 Å². The number of benzene rings is 2. The number of anilines is 1. The van der Waals surface area contributed by atoms with E-state index in [4.69, 9.17) is 0 Å². The summed E-state index contributed by atoms with van der Waals surface area (Å²) in [5.74, 6) is 0.876. The maximum absolute atomic E-state index is 13.2. The Kier molecular flexibility index (Phi) is 4.72. The first-order chi connectivity index (χ1) is 14.1. The summed E-state index contributed by atoms with van der Waals surface area (Å²) in [6, 6.07) is 13.6. The van der Waals surface area contributed by atoms with Gasteiger partial charge in [-0.05, 0) is 61.1 Å². The molecule has 0 spiro atoms. The van der Waals surface area contributed by atoms with Gasteiger partial charge in [-0.3, -0.25) is 0 Å². The number of sulfonamides is 1. The van der Waals surface area contributed by atoms with Crippen molar-refractivity contribution < 1.29 is 8.42 Å². The number of hydrogen-bond donors (Lipinski definition) is 0. The Balaban J connectivity index is 1.36. The van der Waals surface area contributed by atoms with Gasteiger partial charge in [0.15, 0.2) is 0 Å². The number of rotatable bonds is 3. The molecular weight excluding hydrogens is 384 g/mol. The molecule has 2 aromatic carbocycles. The zero-order valence-corrected chi connectivity index (χ0v) is 17.1. The molecule has 5 rings (SSSR count). The highest BCUT2D eigenvalue weighted by atomic mass is 32.2. The molecule has 0 saturated carbocycles. The minimum Gasteiger partial charge on any atom is -0.353 e. The minimum atomic E-state index is -3.47. The predicted octanol–water partition coefficient (Wildman–Crippen LogP) is 3.02. The molecule has 0 unspecified atom stereocenters. The summed E-state index contributed by atoms with van der Waals surface area (Å²) in [4.78, 5) is 11.4. The number of hydrogen-bond acceptors (Lipinski definition) is 5. The summed E-state index contributed by atoms with van der Waals surface area (Å²) in [6.07, 6.45) is 5.95. The predicted molar refractivity (Wildman–Crippen MR) is 114 cm³/mol. The molecule has 2 heterocycles. The molecule has 1 aliphatic heterocycles. The van der Waals surface area contributed by atoms with E-state index in [2.05, 4.69) is 14.9 Å². The second kappa shape index (κ2) is 7.39. The standard InChI is InChI=1S/C22H24N4O2S/c27-29(28,19-10-9-17-5-1-2-6-18(17)15-19)26-13-11-25(12-14-26)22-20-7-3-4-8-21(20)23-16-24-22/h3-4,7-10,15-16H,1-2,5-6,11-14H2. The molecule has 29 heavy (non-hydrogen) atoms. The van der Waals surface area contributed by atoms with E-state index in [1.807, 2.05) is 36.4 Å². The fraction of sp³-hybridized carbons (Fsp3) is 0.364. The molecule has 2 aliphatic rings. The smallest absolute Gasteiger partial charge is 0.243 e. The number of para-hydroxylation sites is 1. The lowest BCUT2D eigenvalue weighted by Gasteiger charge is -2.35. The van der Waals surface area contributed by atoms with Gasteiger partial charge in [-0.15, -0.1) is 0 Å². The quantitative estimate of drug-likeness (QED) is 0.667. The molecule has 0 bridgehead atoms. The monoisotopic (exact) mass is 408 g/mol. The molecule has 1 saturated heterocycles. The van der Waals surface area contributed by atoms with Crippen LogP contribution in [0.3, 0.4) is 0 Å². The summed E-state index contributed by atoms with van der Waals surface area (Å²) < 4.78 is 28.0. The average molecular weight is 409 g/mol. The lowest BCUT2D eigenvalue weighted by atomic mass is 9.92. The number of aryl methyl sites for hydroxylation is 2. The molecule has 7 heteroatoms. The van der Waals surface area contributed by atoms with Crippen LogP contribution < -0.4 is 4.90 Å². The normalized spacial score (nSPS) is 18.0. The van der Waals surface area contributed by atoms with Crippen molar-refractivity contribution in [3.63, 3.8) is 0 Å². The van der Waals surface area contributed by atoms with Gasteiger partial charge in [0, 0.05) is 31.6 Å². The second-order valence-corrected chi connectivity index (χ2v) is 9.68. The summed E-state index contributed by atoms with van der Waals surface area (Å²) in [7, 11) is -3.47. The van der Waals surface area contributed by atoms with Gasteiger partial charge >= 0.3 is 0 Å². The van der Waals surface area contributed by atoms with Crippen molar-refractivity contribution in [1.82, 2.24) is 14.3 Å². The van der Waals surface area contributed by atoms with Gasteiger partial charge < -0.3 is 4.90 Å². The number of nitrogens with zero attached hydrogens (tertiary/aromatic N) is 4. The SMILES string of the molecule is O=S(=O)(c1ccc2c(c1)CCCC2)N1CCN(c2ncnc3ccccc23)CC1. The topological polar surface area (TPSA) is 66.4 Å². The molecule has 0 atom stereocenters.